The quantitative estimate of drug-likeness (QED) is 0.187. The molecular formula is C22H27N7O3. The van der Waals surface area contributed by atoms with E-state index >= 15 is 0 Å². The SMILES string of the molecule is CCNC(=NCc1nc(-c2ccco2)n[nH]1)NCCCN1C(=O)C2C3C=CC(C3)C2C1=O. The minimum absolute atomic E-state index is 0.00936. The largest absolute Gasteiger partial charge is 0.461 e. The molecule has 4 atom stereocenters. The number of nitrogens with zero attached hydrogens (tertiary/aromatic N) is 4. The van der Waals surface area contributed by atoms with Gasteiger partial charge in [0.2, 0.25) is 17.6 Å². The summed E-state index contributed by atoms with van der Waals surface area (Å²) in [5.41, 5.74) is 0. The van der Waals surface area contributed by atoms with Gasteiger partial charge in [-0.05, 0) is 43.7 Å². The van der Waals surface area contributed by atoms with E-state index in [0.717, 1.165) is 6.42 Å². The third-order valence-electron chi connectivity index (χ3n) is 6.42. The van der Waals surface area contributed by atoms with Gasteiger partial charge in [-0.3, -0.25) is 19.6 Å². The van der Waals surface area contributed by atoms with Crippen LogP contribution >= 0.6 is 0 Å². The van der Waals surface area contributed by atoms with Crippen LogP contribution in [-0.4, -0.2) is 57.5 Å². The van der Waals surface area contributed by atoms with Gasteiger partial charge in [-0.15, -0.1) is 5.10 Å². The molecule has 3 N–H and O–H groups in total. The minimum Gasteiger partial charge on any atom is -0.461 e. The van der Waals surface area contributed by atoms with E-state index < -0.39 is 0 Å². The van der Waals surface area contributed by atoms with Crippen molar-refractivity contribution in [3.8, 4) is 11.6 Å². The van der Waals surface area contributed by atoms with Crippen LogP contribution in [0, 0.1) is 23.7 Å². The third kappa shape index (κ3) is 3.69. The van der Waals surface area contributed by atoms with E-state index in [1.54, 1.807) is 18.4 Å². The van der Waals surface area contributed by atoms with Gasteiger partial charge in [0.15, 0.2) is 11.7 Å². The summed E-state index contributed by atoms with van der Waals surface area (Å²) >= 11 is 0. The number of rotatable bonds is 8. The number of carbonyl (C=O) groups is 2. The summed E-state index contributed by atoms with van der Waals surface area (Å²) in [6, 6.07) is 3.58. The van der Waals surface area contributed by atoms with Gasteiger partial charge in [0.1, 0.15) is 12.4 Å². The number of carbonyl (C=O) groups excluding carboxylic acids is 2. The molecule has 2 fully saturated rings. The van der Waals surface area contributed by atoms with Gasteiger partial charge in [-0.1, -0.05) is 12.2 Å². The van der Waals surface area contributed by atoms with Gasteiger partial charge >= 0.3 is 0 Å². The molecule has 3 heterocycles. The topological polar surface area (TPSA) is 129 Å². The van der Waals surface area contributed by atoms with Gasteiger partial charge < -0.3 is 15.1 Å². The number of aliphatic imine (C=N–C) groups is 1. The zero-order valence-corrected chi connectivity index (χ0v) is 18.0. The summed E-state index contributed by atoms with van der Waals surface area (Å²) in [6.07, 6.45) is 7.43. The predicted molar refractivity (Wildman–Crippen MR) is 116 cm³/mol. The highest BCUT2D eigenvalue weighted by molar-refractivity contribution is 6.06. The second kappa shape index (κ2) is 8.60. The Morgan fingerprint density at radius 1 is 1.25 bits per heavy atom. The van der Waals surface area contributed by atoms with Crippen LogP contribution < -0.4 is 10.6 Å². The number of H-pyrrole nitrogens is 1. The molecule has 10 heteroatoms. The Labute approximate surface area is 185 Å². The van der Waals surface area contributed by atoms with Crippen molar-refractivity contribution in [2.24, 2.45) is 28.7 Å². The summed E-state index contributed by atoms with van der Waals surface area (Å²) in [5, 5.41) is 13.5. The Hall–Kier alpha value is -3.43. The van der Waals surface area contributed by atoms with Crippen molar-refractivity contribution in [2.75, 3.05) is 19.6 Å². The number of likely N-dealkylation sites (tertiary alicyclic amines) is 1. The van der Waals surface area contributed by atoms with E-state index in [-0.39, 0.29) is 35.5 Å². The number of imide groups is 1. The first kappa shape index (κ1) is 20.5. The summed E-state index contributed by atoms with van der Waals surface area (Å²) in [4.78, 5) is 35.9. The monoisotopic (exact) mass is 437 g/mol. The Kier molecular flexibility index (Phi) is 5.50. The number of aromatic amines is 1. The predicted octanol–water partition coefficient (Wildman–Crippen LogP) is 1.32. The lowest BCUT2D eigenvalue weighted by Gasteiger charge is -2.18. The fourth-order valence-electron chi connectivity index (χ4n) is 5.01. The van der Waals surface area contributed by atoms with Gasteiger partial charge in [-0.2, -0.15) is 0 Å². The van der Waals surface area contributed by atoms with Gasteiger partial charge in [0.05, 0.1) is 18.1 Å². The molecule has 2 aromatic heterocycles. The van der Waals surface area contributed by atoms with E-state index in [2.05, 4.69) is 43.0 Å². The number of hydrogen-bond acceptors (Lipinski definition) is 6. The van der Waals surface area contributed by atoms with Gasteiger partial charge in [0, 0.05) is 19.6 Å². The summed E-state index contributed by atoms with van der Waals surface area (Å²) in [5.74, 6) is 2.62. The third-order valence-corrected chi connectivity index (χ3v) is 6.42. The molecule has 3 aliphatic rings. The number of allylic oxidation sites excluding steroid dienone is 2. The average molecular weight is 438 g/mol. The molecule has 1 saturated heterocycles. The van der Waals surface area contributed by atoms with Crippen molar-refractivity contribution in [1.82, 2.24) is 30.7 Å². The van der Waals surface area contributed by atoms with Crippen molar-refractivity contribution >= 4 is 17.8 Å². The normalized spacial score (nSPS) is 26.3. The van der Waals surface area contributed by atoms with Crippen LogP contribution in [0.25, 0.3) is 11.6 Å². The lowest BCUT2D eigenvalue weighted by atomic mass is 9.85. The fraction of sp³-hybridized carbons (Fsp3) is 0.500. The number of amides is 2. The lowest BCUT2D eigenvalue weighted by molar-refractivity contribution is -0.140. The number of hydrogen-bond donors (Lipinski definition) is 3. The van der Waals surface area contributed by atoms with Crippen molar-refractivity contribution in [3.05, 3.63) is 36.4 Å². The van der Waals surface area contributed by atoms with E-state index in [4.69, 9.17) is 4.42 Å². The summed E-state index contributed by atoms with van der Waals surface area (Å²) in [7, 11) is 0. The zero-order valence-electron chi connectivity index (χ0n) is 18.0. The lowest BCUT2D eigenvalue weighted by Crippen LogP contribution is -2.40. The number of guanidine groups is 1. The Morgan fingerprint density at radius 2 is 2.03 bits per heavy atom. The molecule has 1 saturated carbocycles. The molecular weight excluding hydrogens is 410 g/mol. The standard InChI is InChI=1S/C22H27N7O3/c1-2-23-22(25-12-16-26-19(28-27-16)15-5-3-10-32-15)24-8-4-9-29-20(30)17-13-6-7-14(11-13)18(17)21(29)31/h3,5-7,10,13-14,17-18H,2,4,8-9,11-12H2,1H3,(H2,23,24,25)(H,26,27,28). The summed E-state index contributed by atoms with van der Waals surface area (Å²) in [6.45, 7) is 4.05. The molecule has 5 rings (SSSR count). The molecule has 0 radical (unpaired) electrons. The summed E-state index contributed by atoms with van der Waals surface area (Å²) < 4.78 is 5.30. The van der Waals surface area contributed by atoms with Crippen LogP contribution in [0.5, 0.6) is 0 Å². The van der Waals surface area contributed by atoms with Crippen molar-refractivity contribution < 1.29 is 14.0 Å². The Morgan fingerprint density at radius 3 is 2.72 bits per heavy atom. The molecule has 4 unspecified atom stereocenters. The smallest absolute Gasteiger partial charge is 0.233 e. The average Bonchev–Trinajstić information content (AvgIpc) is 3.60. The molecule has 0 spiro atoms. The zero-order chi connectivity index (χ0) is 22.1. The van der Waals surface area contributed by atoms with Gasteiger partial charge in [0.25, 0.3) is 0 Å². The first-order valence-corrected chi connectivity index (χ1v) is 11.2. The highest BCUT2D eigenvalue weighted by atomic mass is 16.3. The number of nitrogens with one attached hydrogen (secondary N) is 3. The first-order chi connectivity index (χ1) is 15.7. The maximum absolute atomic E-state index is 12.8. The second-order valence-electron chi connectivity index (χ2n) is 8.39. The van der Waals surface area contributed by atoms with E-state index in [1.807, 2.05) is 6.92 Å². The molecule has 168 valence electrons. The molecule has 2 bridgehead atoms. The van der Waals surface area contributed by atoms with Crippen molar-refractivity contribution in [2.45, 2.75) is 26.3 Å². The molecule has 2 aromatic rings. The highest BCUT2D eigenvalue weighted by Crippen LogP contribution is 2.52. The van der Waals surface area contributed by atoms with Crippen LogP contribution in [-0.2, 0) is 16.1 Å². The number of fused-ring (bicyclic) bond motifs is 5. The first-order valence-electron chi connectivity index (χ1n) is 11.2. The maximum atomic E-state index is 12.8. The van der Waals surface area contributed by atoms with Crippen LogP contribution in [0.4, 0.5) is 0 Å². The Balaban J connectivity index is 1.12. The van der Waals surface area contributed by atoms with E-state index in [9.17, 15) is 9.59 Å². The highest BCUT2D eigenvalue weighted by Gasteiger charge is 2.58. The van der Waals surface area contributed by atoms with Crippen LogP contribution in [0.3, 0.4) is 0 Å². The van der Waals surface area contributed by atoms with E-state index in [0.29, 0.717) is 56.0 Å². The molecule has 32 heavy (non-hydrogen) atoms. The number of furan rings is 1. The van der Waals surface area contributed by atoms with Crippen LogP contribution in [0.15, 0.2) is 40.0 Å². The molecule has 1 aliphatic heterocycles. The van der Waals surface area contributed by atoms with Gasteiger partial charge in [-0.25, -0.2) is 9.98 Å². The molecule has 0 aromatic carbocycles. The number of aromatic nitrogens is 3. The molecule has 2 aliphatic carbocycles. The fourth-order valence-corrected chi connectivity index (χ4v) is 5.01. The second-order valence-corrected chi connectivity index (χ2v) is 8.39. The van der Waals surface area contributed by atoms with E-state index in [1.165, 1.54) is 4.90 Å². The van der Waals surface area contributed by atoms with Crippen LogP contribution in [0.1, 0.15) is 25.6 Å². The Bertz CT molecular complexity index is 1010. The van der Waals surface area contributed by atoms with Crippen molar-refractivity contribution in [3.63, 3.8) is 0 Å². The molecule has 10 nitrogen and oxygen atoms in total. The van der Waals surface area contributed by atoms with Crippen molar-refractivity contribution in [1.29, 1.82) is 0 Å². The maximum Gasteiger partial charge on any atom is 0.233 e. The van der Waals surface area contributed by atoms with Crippen LogP contribution in [0.2, 0.25) is 0 Å². The molecule has 2 amide bonds. The minimum atomic E-state index is -0.127.